The van der Waals surface area contributed by atoms with Gasteiger partial charge in [-0.15, -0.1) is 0 Å². The van der Waals surface area contributed by atoms with Crippen molar-refractivity contribution in [3.8, 4) is 5.75 Å². The monoisotopic (exact) mass is 397 g/mol. The predicted octanol–water partition coefficient (Wildman–Crippen LogP) is 4.97. The maximum atomic E-state index is 12.5. The fraction of sp³-hybridized carbons (Fsp3) is 0.0476. The molecular formula is C21H13Cl2NO3. The fourth-order valence-electron chi connectivity index (χ4n) is 2.96. The van der Waals surface area contributed by atoms with E-state index in [1.165, 1.54) is 0 Å². The van der Waals surface area contributed by atoms with E-state index in [4.69, 9.17) is 27.9 Å². The lowest BCUT2D eigenvalue weighted by Gasteiger charge is -2.12. The zero-order valence-electron chi connectivity index (χ0n) is 14.0. The molecule has 27 heavy (non-hydrogen) atoms. The van der Waals surface area contributed by atoms with Crippen LogP contribution in [0.5, 0.6) is 5.75 Å². The van der Waals surface area contributed by atoms with Crippen molar-refractivity contribution in [1.29, 1.82) is 0 Å². The second-order valence-corrected chi connectivity index (χ2v) is 6.84. The van der Waals surface area contributed by atoms with E-state index in [1.807, 2.05) is 48.5 Å². The summed E-state index contributed by atoms with van der Waals surface area (Å²) in [5, 5.41) is 0.437. The third kappa shape index (κ3) is 3.29. The van der Waals surface area contributed by atoms with Crippen LogP contribution < -0.4 is 4.74 Å². The van der Waals surface area contributed by atoms with E-state index in [2.05, 4.69) is 4.98 Å². The van der Waals surface area contributed by atoms with E-state index in [0.717, 1.165) is 22.5 Å². The highest BCUT2D eigenvalue weighted by Crippen LogP contribution is 2.36. The number of Topliss-reactive ketones (excluding diaryl/α,β-unsaturated/α-hetero) is 1. The van der Waals surface area contributed by atoms with Crippen LogP contribution in [0.1, 0.15) is 11.1 Å². The zero-order valence-corrected chi connectivity index (χ0v) is 15.5. The number of allylic oxidation sites excluding steroid dienone is 4. The lowest BCUT2D eigenvalue weighted by Crippen LogP contribution is -2.13. The van der Waals surface area contributed by atoms with Gasteiger partial charge in [-0.2, -0.15) is 0 Å². The number of hydrogen-bond donors (Lipinski definition) is 1. The minimum Gasteiger partial charge on any atom is -0.489 e. The maximum absolute atomic E-state index is 12.5. The number of ketones is 2. The van der Waals surface area contributed by atoms with Crippen molar-refractivity contribution in [1.82, 2.24) is 4.98 Å². The molecule has 0 unspecified atom stereocenters. The molecule has 134 valence electrons. The van der Waals surface area contributed by atoms with Crippen molar-refractivity contribution < 1.29 is 14.3 Å². The van der Waals surface area contributed by atoms with E-state index in [-0.39, 0.29) is 15.6 Å². The molecule has 0 amide bonds. The maximum Gasteiger partial charge on any atom is 0.206 e. The molecule has 0 fully saturated rings. The summed E-state index contributed by atoms with van der Waals surface area (Å²) in [6, 6.07) is 15.3. The van der Waals surface area contributed by atoms with Crippen LogP contribution in [-0.4, -0.2) is 16.6 Å². The zero-order chi connectivity index (χ0) is 19.0. The van der Waals surface area contributed by atoms with Gasteiger partial charge in [0.15, 0.2) is 5.78 Å². The van der Waals surface area contributed by atoms with Crippen LogP contribution in [0.2, 0.25) is 0 Å². The Morgan fingerprint density at radius 3 is 2.56 bits per heavy atom. The molecular weight excluding hydrogens is 385 g/mol. The van der Waals surface area contributed by atoms with Crippen molar-refractivity contribution in [2.45, 2.75) is 6.61 Å². The SMILES string of the molecule is O=C1C=C(Cl)C(=O)C(c2c[nH]c3ccc(OCc4ccccc4)cc23)=C1Cl. The lowest BCUT2D eigenvalue weighted by molar-refractivity contribution is -0.113. The van der Waals surface area contributed by atoms with Crippen LogP contribution in [0.4, 0.5) is 0 Å². The minimum atomic E-state index is -0.484. The number of halogens is 2. The highest BCUT2D eigenvalue weighted by atomic mass is 35.5. The van der Waals surface area contributed by atoms with Crippen molar-refractivity contribution >= 4 is 51.2 Å². The van der Waals surface area contributed by atoms with Gasteiger partial charge < -0.3 is 9.72 Å². The van der Waals surface area contributed by atoms with Crippen LogP contribution in [0.25, 0.3) is 16.5 Å². The van der Waals surface area contributed by atoms with Crippen molar-refractivity contribution in [3.05, 3.63) is 82.0 Å². The van der Waals surface area contributed by atoms with Crippen molar-refractivity contribution in [3.63, 3.8) is 0 Å². The normalized spacial score (nSPS) is 14.7. The van der Waals surface area contributed by atoms with E-state index in [1.54, 1.807) is 6.20 Å². The number of hydrogen-bond acceptors (Lipinski definition) is 3. The second-order valence-electron chi connectivity index (χ2n) is 6.06. The number of ether oxygens (including phenoxy) is 1. The van der Waals surface area contributed by atoms with E-state index in [0.29, 0.717) is 17.9 Å². The number of H-pyrrole nitrogens is 1. The summed E-state index contributed by atoms with van der Waals surface area (Å²) < 4.78 is 5.86. The third-order valence-corrected chi connectivity index (χ3v) is 4.96. The number of carbonyl (C=O) groups excluding carboxylic acids is 2. The number of rotatable bonds is 4. The summed E-state index contributed by atoms with van der Waals surface area (Å²) in [6.45, 7) is 0.418. The summed E-state index contributed by atoms with van der Waals surface area (Å²) in [5.74, 6) is -0.319. The van der Waals surface area contributed by atoms with Gasteiger partial charge in [-0.05, 0) is 23.8 Å². The highest BCUT2D eigenvalue weighted by molar-refractivity contribution is 6.62. The summed E-state index contributed by atoms with van der Waals surface area (Å²) in [5.41, 5.74) is 2.45. The molecule has 4 nitrogen and oxygen atoms in total. The van der Waals surface area contributed by atoms with Crippen LogP contribution in [-0.2, 0) is 16.2 Å². The summed E-state index contributed by atoms with van der Waals surface area (Å²) in [7, 11) is 0. The first kappa shape index (κ1) is 17.6. The van der Waals surface area contributed by atoms with Crippen LogP contribution >= 0.6 is 23.2 Å². The smallest absolute Gasteiger partial charge is 0.206 e. The predicted molar refractivity (Wildman–Crippen MR) is 106 cm³/mol. The van der Waals surface area contributed by atoms with Crippen LogP contribution in [0, 0.1) is 0 Å². The Hall–Kier alpha value is -2.82. The van der Waals surface area contributed by atoms with Crippen LogP contribution in [0.3, 0.4) is 0 Å². The first-order valence-electron chi connectivity index (χ1n) is 8.19. The molecule has 1 aliphatic carbocycles. The van der Waals surface area contributed by atoms with Gasteiger partial charge in [-0.25, -0.2) is 0 Å². The molecule has 4 rings (SSSR count). The number of aromatic nitrogens is 1. The molecule has 6 heteroatoms. The molecule has 0 atom stereocenters. The molecule has 0 spiro atoms. The van der Waals surface area contributed by atoms with Gasteiger partial charge in [0.25, 0.3) is 0 Å². The van der Waals surface area contributed by atoms with Gasteiger partial charge in [0, 0.05) is 28.7 Å². The standard InChI is InChI=1S/C21H13Cl2NO3/c22-16-9-18(25)20(23)19(21(16)26)15-10-24-17-7-6-13(8-14(15)17)27-11-12-4-2-1-3-5-12/h1-10,24H,11H2. The summed E-state index contributed by atoms with van der Waals surface area (Å²) in [6.07, 6.45) is 2.68. The van der Waals surface area contributed by atoms with E-state index < -0.39 is 11.6 Å². The number of nitrogens with one attached hydrogen (secondary N) is 1. The Bertz CT molecular complexity index is 1130. The summed E-state index contributed by atoms with van der Waals surface area (Å²) >= 11 is 12.0. The second kappa shape index (κ2) is 7.06. The number of benzene rings is 2. The Balaban J connectivity index is 1.72. The Kier molecular flexibility index (Phi) is 4.60. The van der Waals surface area contributed by atoms with Gasteiger partial charge in [-0.1, -0.05) is 53.5 Å². The Morgan fingerprint density at radius 2 is 1.78 bits per heavy atom. The molecule has 1 aliphatic rings. The highest BCUT2D eigenvalue weighted by Gasteiger charge is 2.29. The van der Waals surface area contributed by atoms with Gasteiger partial charge in [0.2, 0.25) is 5.78 Å². The molecule has 2 aromatic carbocycles. The topological polar surface area (TPSA) is 59.2 Å². The lowest BCUT2D eigenvalue weighted by atomic mass is 9.95. The largest absolute Gasteiger partial charge is 0.489 e. The fourth-order valence-corrected chi connectivity index (χ4v) is 3.40. The molecule has 1 heterocycles. The number of carbonyl (C=O) groups is 2. The molecule has 0 saturated heterocycles. The average molecular weight is 398 g/mol. The van der Waals surface area contributed by atoms with Gasteiger partial charge >= 0.3 is 0 Å². The van der Waals surface area contributed by atoms with Gasteiger partial charge in [0.1, 0.15) is 12.4 Å². The van der Waals surface area contributed by atoms with E-state index in [9.17, 15) is 9.59 Å². The first-order chi connectivity index (χ1) is 13.0. The molecule has 3 aromatic rings. The van der Waals surface area contributed by atoms with Gasteiger partial charge in [-0.3, -0.25) is 9.59 Å². The number of fused-ring (bicyclic) bond motifs is 1. The first-order valence-corrected chi connectivity index (χ1v) is 8.94. The molecule has 0 bridgehead atoms. The van der Waals surface area contributed by atoms with Crippen molar-refractivity contribution in [2.75, 3.05) is 0 Å². The third-order valence-electron chi connectivity index (χ3n) is 4.31. The Labute approximate surface area is 165 Å². The quantitative estimate of drug-likeness (QED) is 0.632. The molecule has 1 N–H and O–H groups in total. The van der Waals surface area contributed by atoms with Crippen LogP contribution in [0.15, 0.2) is 70.9 Å². The summed E-state index contributed by atoms with van der Waals surface area (Å²) in [4.78, 5) is 27.5. The van der Waals surface area contributed by atoms with Gasteiger partial charge in [0.05, 0.1) is 15.6 Å². The van der Waals surface area contributed by atoms with Crippen molar-refractivity contribution in [2.24, 2.45) is 0 Å². The molecule has 1 aromatic heterocycles. The minimum absolute atomic E-state index is 0.0978. The molecule has 0 radical (unpaired) electrons. The molecule has 0 saturated carbocycles. The Morgan fingerprint density at radius 1 is 1.00 bits per heavy atom. The molecule has 0 aliphatic heterocycles. The van der Waals surface area contributed by atoms with E-state index >= 15 is 0 Å². The average Bonchev–Trinajstić information content (AvgIpc) is 3.09. The number of aromatic amines is 1.